The van der Waals surface area contributed by atoms with Crippen LogP contribution in [0.2, 0.25) is 0 Å². The maximum Gasteiger partial charge on any atom is 0.251 e. The number of carbonyl (C=O) groups is 4. The molecule has 16 heteroatoms. The fraction of sp³-hybridized carbons (Fsp3) is 0.565. The first kappa shape index (κ1) is 41.9. The van der Waals surface area contributed by atoms with Crippen molar-refractivity contribution in [1.29, 1.82) is 0 Å². The molecule has 4 amide bonds. The smallest absolute Gasteiger partial charge is 0.251 e. The number of benzene rings is 2. The van der Waals surface area contributed by atoms with Crippen molar-refractivity contribution in [2.24, 2.45) is 11.3 Å². The predicted molar refractivity (Wildman–Crippen MR) is 231 cm³/mol. The van der Waals surface area contributed by atoms with Gasteiger partial charge in [0.1, 0.15) is 29.1 Å². The molecule has 3 saturated heterocycles. The van der Waals surface area contributed by atoms with Crippen LogP contribution in [0.15, 0.2) is 36.5 Å². The van der Waals surface area contributed by atoms with Crippen LogP contribution >= 0.6 is 0 Å². The lowest BCUT2D eigenvalue weighted by Crippen LogP contribution is -2.55. The number of piperidine rings is 2. The number of likely N-dealkylation sites (N-methyl/N-ethyl adjacent to an activating group) is 1. The Balaban J connectivity index is 0.754. The first-order chi connectivity index (χ1) is 29.9. The van der Waals surface area contributed by atoms with Crippen molar-refractivity contribution in [2.45, 2.75) is 108 Å². The zero-order chi connectivity index (χ0) is 43.3. The molecule has 3 aromatic rings. The van der Waals surface area contributed by atoms with Crippen LogP contribution < -0.4 is 35.4 Å². The fourth-order valence-electron chi connectivity index (χ4n) is 11.1. The molecular weight excluding hydrogens is 797 g/mol. The molecule has 0 radical (unpaired) electrons. The Labute approximate surface area is 361 Å². The molecule has 5 fully saturated rings. The maximum absolute atomic E-state index is 15.2. The van der Waals surface area contributed by atoms with Crippen LogP contribution in [0.25, 0.3) is 0 Å². The predicted octanol–water partition coefficient (Wildman–Crippen LogP) is 6.03. The van der Waals surface area contributed by atoms with Crippen LogP contribution in [0.5, 0.6) is 5.75 Å². The molecule has 14 nitrogen and oxygen atoms in total. The monoisotopic (exact) mass is 853 g/mol. The van der Waals surface area contributed by atoms with Crippen molar-refractivity contribution in [3.05, 3.63) is 59.3 Å². The molecule has 0 bridgehead atoms. The molecule has 2 saturated carbocycles. The summed E-state index contributed by atoms with van der Waals surface area (Å²) in [6.45, 7) is 6.33. The van der Waals surface area contributed by atoms with Gasteiger partial charge < -0.3 is 35.0 Å². The van der Waals surface area contributed by atoms with Crippen LogP contribution in [0, 0.1) is 23.0 Å². The van der Waals surface area contributed by atoms with E-state index >= 15 is 8.78 Å². The maximum atomic E-state index is 15.2. The van der Waals surface area contributed by atoms with E-state index in [1.165, 1.54) is 12.1 Å². The lowest BCUT2D eigenvalue weighted by atomic mass is 9.60. The van der Waals surface area contributed by atoms with Gasteiger partial charge in [-0.15, -0.1) is 0 Å². The van der Waals surface area contributed by atoms with Gasteiger partial charge >= 0.3 is 0 Å². The number of methoxy groups -OCH3 is 1. The molecule has 1 spiro atoms. The van der Waals surface area contributed by atoms with E-state index in [0.717, 1.165) is 83.2 Å². The van der Waals surface area contributed by atoms with Crippen LogP contribution in [-0.2, 0) is 14.4 Å². The minimum atomic E-state index is -1.01. The number of amides is 4. The number of rotatable bonds is 11. The lowest BCUT2D eigenvalue weighted by molar-refractivity contribution is -0.134. The fourth-order valence-corrected chi connectivity index (χ4v) is 11.1. The molecule has 1 aromatic heterocycles. The van der Waals surface area contributed by atoms with Crippen molar-refractivity contribution in [3.63, 3.8) is 0 Å². The van der Waals surface area contributed by atoms with E-state index in [0.29, 0.717) is 59.8 Å². The molecule has 3 atom stereocenters. The zero-order valence-electron chi connectivity index (χ0n) is 35.9. The molecular formula is C46H57F2N9O5. The highest BCUT2D eigenvalue weighted by atomic mass is 19.1. The summed E-state index contributed by atoms with van der Waals surface area (Å²) in [5.41, 5.74) is 2.28. The van der Waals surface area contributed by atoms with Crippen molar-refractivity contribution >= 4 is 52.5 Å². The topological polar surface area (TPSA) is 152 Å². The van der Waals surface area contributed by atoms with Gasteiger partial charge in [-0.2, -0.15) is 4.98 Å². The van der Waals surface area contributed by atoms with Crippen molar-refractivity contribution in [1.82, 2.24) is 25.5 Å². The number of aromatic nitrogens is 2. The number of hydrogen-bond donors (Lipinski definition) is 3. The van der Waals surface area contributed by atoms with E-state index in [1.807, 2.05) is 17.9 Å². The summed E-state index contributed by atoms with van der Waals surface area (Å²) in [5, 5.41) is 8.74. The molecule has 9 rings (SSSR count). The largest absolute Gasteiger partial charge is 0.495 e. The first-order valence-electron chi connectivity index (χ1n) is 22.4. The minimum Gasteiger partial charge on any atom is -0.495 e. The molecule has 6 aliphatic rings. The molecule has 62 heavy (non-hydrogen) atoms. The van der Waals surface area contributed by atoms with Crippen molar-refractivity contribution in [3.8, 4) is 5.75 Å². The number of nitrogens with zero attached hydrogens (tertiary/aromatic N) is 6. The van der Waals surface area contributed by atoms with Crippen LogP contribution in [0.1, 0.15) is 106 Å². The summed E-state index contributed by atoms with van der Waals surface area (Å²) in [4.78, 5) is 68.6. The van der Waals surface area contributed by atoms with Gasteiger partial charge in [0.05, 0.1) is 24.9 Å². The van der Waals surface area contributed by atoms with E-state index in [2.05, 4.69) is 30.7 Å². The number of anilines is 5. The van der Waals surface area contributed by atoms with Crippen LogP contribution in [0.4, 0.5) is 37.6 Å². The van der Waals surface area contributed by atoms with E-state index in [9.17, 15) is 19.2 Å². The number of nitrogens with one attached hydrogen (secondary N) is 3. The standard InChI is InChI=1S/C46H57F2N9O5/c1-4-36-44(61)54(2)37-24-49-45(53-41(37)57(36)30-7-5-6-8-30)51-35-11-9-28(19-38(35)62-3)42(59)50-29-22-46(23-29)14-17-55(18-15-46)25-27-13-16-56(26-27)31-20-33(47)40(34(48)21-31)32-10-12-39(58)52-43(32)60/h9,11,19-21,24,27,29-30,32,36H,4-8,10,12-18,22-23,25-26H2,1-3H3,(H,50,59)(H,49,51,53)(H,52,58,60)/t27-,32?,36+/m0/s1. The summed E-state index contributed by atoms with van der Waals surface area (Å²) in [5.74, 6) is -1.64. The number of carbonyl (C=O) groups excluding carboxylic acids is 4. The Hall–Kier alpha value is -5.38. The molecule has 5 heterocycles. The first-order valence-corrected chi connectivity index (χ1v) is 22.4. The quantitative estimate of drug-likeness (QED) is 0.194. The second-order valence-corrected chi connectivity index (χ2v) is 18.4. The highest BCUT2D eigenvalue weighted by Crippen LogP contribution is 2.49. The van der Waals surface area contributed by atoms with Gasteiger partial charge in [0.2, 0.25) is 23.7 Å². The summed E-state index contributed by atoms with van der Waals surface area (Å²) in [7, 11) is 3.36. The Morgan fingerprint density at radius 3 is 2.44 bits per heavy atom. The van der Waals surface area contributed by atoms with Crippen molar-refractivity contribution in [2.75, 3.05) is 66.9 Å². The second-order valence-electron chi connectivity index (χ2n) is 18.4. The van der Waals surface area contributed by atoms with Gasteiger partial charge in [-0.25, -0.2) is 13.8 Å². The summed E-state index contributed by atoms with van der Waals surface area (Å²) in [6.07, 6.45) is 11.8. The van der Waals surface area contributed by atoms with Crippen LogP contribution in [-0.4, -0.2) is 104 Å². The number of fused-ring (bicyclic) bond motifs is 1. The normalized spacial score (nSPS) is 24.3. The van der Waals surface area contributed by atoms with E-state index < -0.39 is 29.4 Å². The molecule has 330 valence electrons. The number of hydrogen-bond acceptors (Lipinski definition) is 11. The van der Waals surface area contributed by atoms with Gasteiger partial charge in [0.15, 0.2) is 5.82 Å². The number of imide groups is 1. The number of halogens is 2. The Morgan fingerprint density at radius 1 is 1.00 bits per heavy atom. The summed E-state index contributed by atoms with van der Waals surface area (Å²) in [6, 6.07) is 8.08. The second kappa shape index (κ2) is 17.1. The van der Waals surface area contributed by atoms with E-state index in [1.54, 1.807) is 37.4 Å². The summed E-state index contributed by atoms with van der Waals surface area (Å²) < 4.78 is 36.2. The third-order valence-corrected chi connectivity index (χ3v) is 14.6. The zero-order valence-corrected chi connectivity index (χ0v) is 35.9. The molecule has 2 aromatic carbocycles. The van der Waals surface area contributed by atoms with Gasteiger partial charge in [-0.1, -0.05) is 19.8 Å². The van der Waals surface area contributed by atoms with Gasteiger partial charge in [0, 0.05) is 62.0 Å². The molecule has 3 N–H and O–H groups in total. The van der Waals surface area contributed by atoms with E-state index in [4.69, 9.17) is 9.72 Å². The van der Waals surface area contributed by atoms with Gasteiger partial charge in [0.25, 0.3) is 5.91 Å². The number of ether oxygens (including phenoxy) is 1. The molecule has 2 aliphatic carbocycles. The van der Waals surface area contributed by atoms with Crippen LogP contribution in [0.3, 0.4) is 0 Å². The average molecular weight is 854 g/mol. The minimum absolute atomic E-state index is 0.0585. The summed E-state index contributed by atoms with van der Waals surface area (Å²) >= 11 is 0. The van der Waals surface area contributed by atoms with Crippen molar-refractivity contribution < 1.29 is 32.7 Å². The highest BCUT2D eigenvalue weighted by Gasteiger charge is 2.47. The highest BCUT2D eigenvalue weighted by molar-refractivity contribution is 6.04. The molecule has 1 unspecified atom stereocenters. The lowest BCUT2D eigenvalue weighted by Gasteiger charge is -2.52. The number of likely N-dealkylation sites (tertiary alicyclic amines) is 1. The third kappa shape index (κ3) is 8.06. The Kier molecular flexibility index (Phi) is 11.5. The average Bonchev–Trinajstić information content (AvgIpc) is 3.96. The van der Waals surface area contributed by atoms with Gasteiger partial charge in [-0.05, 0) is 113 Å². The van der Waals surface area contributed by atoms with Gasteiger partial charge in [-0.3, -0.25) is 24.5 Å². The van der Waals surface area contributed by atoms with E-state index in [-0.39, 0.29) is 53.8 Å². The Bertz CT molecular complexity index is 2210. The third-order valence-electron chi connectivity index (χ3n) is 14.6. The molecule has 4 aliphatic heterocycles. The SMILES string of the molecule is CC[C@@H]1C(=O)N(C)c2cnc(Nc3ccc(C(=O)NC4CC5(CCN(C[C@@H]6CCN(c7cc(F)c(C8CCC(=O)NC8=O)c(F)c7)C6)CC5)C4)cc3OC)nc2N1C1CCCC1. The Morgan fingerprint density at radius 2 is 1.74 bits per heavy atom.